The summed E-state index contributed by atoms with van der Waals surface area (Å²) in [6.07, 6.45) is 10.4. The van der Waals surface area contributed by atoms with Gasteiger partial charge in [-0.25, -0.2) is 4.79 Å². The number of ether oxygens (including phenoxy) is 1. The number of fused-ring (bicyclic) bond motifs is 1. The summed E-state index contributed by atoms with van der Waals surface area (Å²) < 4.78 is 10.6. The van der Waals surface area contributed by atoms with Crippen LogP contribution in [-0.4, -0.2) is 5.97 Å². The van der Waals surface area contributed by atoms with E-state index in [1.54, 1.807) is 18.8 Å². The van der Waals surface area contributed by atoms with Crippen molar-refractivity contribution in [3.63, 3.8) is 0 Å². The fraction of sp³-hybridized carbons (Fsp3) is 0.550. The second-order valence-corrected chi connectivity index (χ2v) is 7.74. The van der Waals surface area contributed by atoms with Crippen LogP contribution in [0.1, 0.15) is 58.9 Å². The van der Waals surface area contributed by atoms with Gasteiger partial charge in [0.05, 0.1) is 18.8 Å². The molecule has 3 heteroatoms. The van der Waals surface area contributed by atoms with E-state index in [-0.39, 0.29) is 16.8 Å². The van der Waals surface area contributed by atoms with Crippen molar-refractivity contribution in [1.29, 1.82) is 0 Å². The smallest absolute Gasteiger partial charge is 0.338 e. The van der Waals surface area contributed by atoms with Gasteiger partial charge in [0, 0.05) is 11.0 Å². The molecule has 1 fully saturated rings. The van der Waals surface area contributed by atoms with Crippen molar-refractivity contribution in [2.45, 2.75) is 59.8 Å². The van der Waals surface area contributed by atoms with Crippen LogP contribution in [-0.2, 0) is 16.0 Å². The summed E-state index contributed by atoms with van der Waals surface area (Å²) in [6.45, 7) is 8.73. The Labute approximate surface area is 138 Å². The molecule has 1 aliphatic carbocycles. The summed E-state index contributed by atoms with van der Waals surface area (Å²) in [7, 11) is 0. The molecular weight excluding hydrogens is 288 g/mol. The van der Waals surface area contributed by atoms with Gasteiger partial charge in [0.1, 0.15) is 0 Å². The lowest BCUT2D eigenvalue weighted by Crippen LogP contribution is -2.36. The number of hydrogen-bond donors (Lipinski definition) is 0. The molecule has 2 aliphatic rings. The summed E-state index contributed by atoms with van der Waals surface area (Å²) in [5.41, 5.74) is 4.44. The molecule has 124 valence electrons. The van der Waals surface area contributed by atoms with E-state index >= 15 is 0 Å². The molecule has 1 atom stereocenters. The van der Waals surface area contributed by atoms with E-state index in [0.717, 1.165) is 31.3 Å². The number of cyclic esters (lactones) is 1. The second-order valence-electron chi connectivity index (χ2n) is 7.74. The first-order chi connectivity index (χ1) is 10.8. The minimum absolute atomic E-state index is 0.0682. The summed E-state index contributed by atoms with van der Waals surface area (Å²) in [6, 6.07) is 1.99. The third-order valence-corrected chi connectivity index (χ3v) is 5.75. The molecule has 1 aliphatic heterocycles. The lowest BCUT2D eigenvalue weighted by Gasteiger charge is -2.46. The predicted octanol–water partition coefficient (Wildman–Crippen LogP) is 5.19. The molecule has 0 aromatic carbocycles. The van der Waals surface area contributed by atoms with Crippen LogP contribution in [0.25, 0.3) is 0 Å². The molecule has 3 nitrogen and oxygen atoms in total. The molecule has 0 bridgehead atoms. The molecule has 2 heterocycles. The number of allylic oxidation sites excluding steroid dienone is 2. The van der Waals surface area contributed by atoms with Crippen molar-refractivity contribution in [2.75, 3.05) is 0 Å². The van der Waals surface area contributed by atoms with Crippen molar-refractivity contribution in [2.24, 2.45) is 10.8 Å². The van der Waals surface area contributed by atoms with E-state index in [2.05, 4.69) is 20.8 Å². The van der Waals surface area contributed by atoms with Crippen molar-refractivity contribution >= 4 is 5.97 Å². The Kier molecular flexibility index (Phi) is 3.99. The van der Waals surface area contributed by atoms with Crippen LogP contribution in [0.4, 0.5) is 0 Å². The Morgan fingerprint density at radius 3 is 2.65 bits per heavy atom. The van der Waals surface area contributed by atoms with Crippen molar-refractivity contribution in [3.05, 3.63) is 47.1 Å². The number of aryl methyl sites for hydroxylation is 1. The van der Waals surface area contributed by atoms with Crippen molar-refractivity contribution in [3.8, 4) is 0 Å². The first-order valence-electron chi connectivity index (χ1n) is 8.48. The summed E-state index contributed by atoms with van der Waals surface area (Å²) >= 11 is 0. The SMILES string of the molecule is CC1=C(CCc2ccoc2)C2(C)CCCC(C)(C)C2=COC1=O. The average Bonchev–Trinajstić information content (AvgIpc) is 2.95. The highest BCUT2D eigenvalue weighted by Gasteiger charge is 2.46. The minimum Gasteiger partial charge on any atom is -0.472 e. The molecule has 0 radical (unpaired) electrons. The Hall–Kier alpha value is -1.77. The maximum atomic E-state index is 12.3. The molecule has 1 aromatic heterocycles. The molecule has 0 N–H and O–H groups in total. The van der Waals surface area contributed by atoms with Crippen LogP contribution in [0.15, 0.2) is 46.0 Å². The number of furan rings is 1. The quantitative estimate of drug-likeness (QED) is 0.721. The van der Waals surface area contributed by atoms with Crippen LogP contribution in [0.3, 0.4) is 0 Å². The standard InChI is InChI=1S/C20H26O3/c1-14-16(7-6-15-8-11-22-12-15)20(4)10-5-9-19(2,3)17(20)13-23-18(14)21/h8,11-13H,5-7,9-10H2,1-4H3. The third kappa shape index (κ3) is 2.77. The van der Waals surface area contributed by atoms with Crippen LogP contribution in [0, 0.1) is 10.8 Å². The summed E-state index contributed by atoms with van der Waals surface area (Å²) in [5, 5.41) is 0. The Morgan fingerprint density at radius 2 is 1.96 bits per heavy atom. The first-order valence-corrected chi connectivity index (χ1v) is 8.48. The van der Waals surface area contributed by atoms with Gasteiger partial charge in [-0.3, -0.25) is 0 Å². The zero-order chi connectivity index (χ0) is 16.7. The van der Waals surface area contributed by atoms with Gasteiger partial charge in [0.15, 0.2) is 0 Å². The molecule has 23 heavy (non-hydrogen) atoms. The first kappa shape index (κ1) is 16.1. The lowest BCUT2D eigenvalue weighted by molar-refractivity contribution is -0.133. The van der Waals surface area contributed by atoms with Gasteiger partial charge in [-0.1, -0.05) is 27.2 Å². The largest absolute Gasteiger partial charge is 0.472 e. The fourth-order valence-corrected chi connectivity index (χ4v) is 4.41. The second kappa shape index (κ2) is 5.70. The van der Waals surface area contributed by atoms with Gasteiger partial charge in [-0.05, 0) is 60.8 Å². The van der Waals surface area contributed by atoms with Crippen LogP contribution in [0.2, 0.25) is 0 Å². The van der Waals surface area contributed by atoms with E-state index < -0.39 is 0 Å². The van der Waals surface area contributed by atoms with E-state index in [4.69, 9.17) is 9.15 Å². The molecule has 1 aromatic rings. The van der Waals surface area contributed by atoms with Gasteiger partial charge in [-0.15, -0.1) is 0 Å². The van der Waals surface area contributed by atoms with Crippen LogP contribution < -0.4 is 0 Å². The topological polar surface area (TPSA) is 39.4 Å². The van der Waals surface area contributed by atoms with Gasteiger partial charge in [0.2, 0.25) is 0 Å². The highest BCUT2D eigenvalue weighted by Crippen LogP contribution is 2.56. The van der Waals surface area contributed by atoms with Gasteiger partial charge >= 0.3 is 5.97 Å². The Balaban J connectivity index is 2.00. The predicted molar refractivity (Wildman–Crippen MR) is 89.6 cm³/mol. The van der Waals surface area contributed by atoms with Crippen LogP contribution >= 0.6 is 0 Å². The Morgan fingerprint density at radius 1 is 1.17 bits per heavy atom. The molecular formula is C20H26O3. The van der Waals surface area contributed by atoms with Crippen molar-refractivity contribution < 1.29 is 13.9 Å². The maximum absolute atomic E-state index is 12.3. The number of carbonyl (C=O) groups excluding carboxylic acids is 1. The van der Waals surface area contributed by atoms with Gasteiger partial charge < -0.3 is 9.15 Å². The molecule has 3 rings (SSSR count). The van der Waals surface area contributed by atoms with E-state index in [1.165, 1.54) is 23.1 Å². The summed E-state index contributed by atoms with van der Waals surface area (Å²) in [5.74, 6) is -0.203. The number of rotatable bonds is 3. The van der Waals surface area contributed by atoms with E-state index in [9.17, 15) is 4.79 Å². The minimum atomic E-state index is -0.203. The monoisotopic (exact) mass is 314 g/mol. The lowest BCUT2D eigenvalue weighted by atomic mass is 9.57. The third-order valence-electron chi connectivity index (χ3n) is 5.75. The number of hydrogen-bond acceptors (Lipinski definition) is 3. The highest BCUT2D eigenvalue weighted by atomic mass is 16.5. The van der Waals surface area contributed by atoms with Gasteiger partial charge in [-0.2, -0.15) is 0 Å². The molecule has 0 spiro atoms. The molecule has 1 unspecified atom stereocenters. The molecule has 0 saturated heterocycles. The zero-order valence-electron chi connectivity index (χ0n) is 14.6. The fourth-order valence-electron chi connectivity index (χ4n) is 4.41. The number of esters is 1. The van der Waals surface area contributed by atoms with Gasteiger partial charge in [0.25, 0.3) is 0 Å². The van der Waals surface area contributed by atoms with E-state index in [0.29, 0.717) is 0 Å². The van der Waals surface area contributed by atoms with Crippen molar-refractivity contribution in [1.82, 2.24) is 0 Å². The normalized spacial score (nSPS) is 27.1. The van der Waals surface area contributed by atoms with Crippen LogP contribution in [0.5, 0.6) is 0 Å². The maximum Gasteiger partial charge on any atom is 0.338 e. The van der Waals surface area contributed by atoms with E-state index in [1.807, 2.05) is 13.0 Å². The average molecular weight is 314 g/mol. The zero-order valence-corrected chi connectivity index (χ0v) is 14.6. The molecule has 1 saturated carbocycles. The molecule has 0 amide bonds. The number of carbonyl (C=O) groups is 1. The summed E-state index contributed by atoms with van der Waals surface area (Å²) in [4.78, 5) is 12.3. The highest BCUT2D eigenvalue weighted by molar-refractivity contribution is 5.90. The Bertz CT molecular complexity index is 661.